The molecular formula is C38H39ClN8O3S2. The smallest absolute Gasteiger partial charge is 0.255 e. The number of piperidine rings is 1. The number of nitrogens with one attached hydrogen (secondary N) is 3. The summed E-state index contributed by atoms with van der Waals surface area (Å²) in [5.74, 6) is 0.892. The van der Waals surface area contributed by atoms with E-state index in [1.807, 2.05) is 47.9 Å². The van der Waals surface area contributed by atoms with E-state index in [1.54, 1.807) is 22.3 Å². The molecular weight excluding hydrogens is 716 g/mol. The number of aliphatic imine (C=N–C) groups is 1. The lowest BCUT2D eigenvalue weighted by Crippen LogP contribution is -2.52. The summed E-state index contributed by atoms with van der Waals surface area (Å²) in [6.45, 7) is 11.2. The van der Waals surface area contributed by atoms with E-state index in [0.717, 1.165) is 63.0 Å². The number of hydrogen-bond donors (Lipinski definition) is 3. The maximum Gasteiger partial charge on any atom is 0.255 e. The second kappa shape index (κ2) is 14.7. The number of carbonyl (C=O) groups is 3. The van der Waals surface area contributed by atoms with Gasteiger partial charge in [0.15, 0.2) is 5.82 Å². The molecule has 0 bridgehead atoms. The standard InChI is InChI=1S/C38H39ClN8O3S2/c1-20(41-28-10-7-9-26-27(28)19-46(37(26)50)30-15-16-32(51)43-36(30)49)8-5-6-17-40-31(48)18-29-35-45-44-23(4)47(35)38-33(21(2)22(3)52-38)34(42-29)24-11-13-25(39)14-12-24/h7,9-14,29-30,41H,1,5-6,8,15-19H2,2-4H3,(H,40,48)(H,43,49,51)/t29-,30?/m0/s1. The molecule has 3 N–H and O–H groups in total. The van der Waals surface area contributed by atoms with E-state index in [0.29, 0.717) is 53.8 Å². The molecule has 1 fully saturated rings. The van der Waals surface area contributed by atoms with E-state index in [-0.39, 0.29) is 24.1 Å². The van der Waals surface area contributed by atoms with E-state index in [9.17, 15) is 14.4 Å². The predicted octanol–water partition coefficient (Wildman–Crippen LogP) is 6.66. The number of thiophene rings is 1. The van der Waals surface area contributed by atoms with Gasteiger partial charge in [0.05, 0.1) is 17.1 Å². The summed E-state index contributed by atoms with van der Waals surface area (Å²) in [6, 6.07) is 12.1. The monoisotopic (exact) mass is 754 g/mol. The molecule has 0 aliphatic carbocycles. The summed E-state index contributed by atoms with van der Waals surface area (Å²) in [4.78, 5) is 47.7. The molecule has 11 nitrogen and oxygen atoms in total. The molecule has 3 aliphatic heterocycles. The Labute approximate surface area is 316 Å². The number of aromatic nitrogens is 3. The fraction of sp³-hybridized carbons (Fsp3) is 0.342. The second-order valence-electron chi connectivity index (χ2n) is 13.4. The molecule has 268 valence electrons. The van der Waals surface area contributed by atoms with E-state index in [2.05, 4.69) is 46.6 Å². The molecule has 0 saturated carbocycles. The van der Waals surface area contributed by atoms with E-state index < -0.39 is 12.1 Å². The first-order valence-corrected chi connectivity index (χ1v) is 18.9. The average Bonchev–Trinajstić information content (AvgIpc) is 3.72. The highest BCUT2D eigenvalue weighted by Crippen LogP contribution is 2.40. The van der Waals surface area contributed by atoms with Crippen molar-refractivity contribution in [1.29, 1.82) is 0 Å². The third-order valence-corrected chi connectivity index (χ3v) is 11.6. The minimum atomic E-state index is -0.539. The van der Waals surface area contributed by atoms with Crippen LogP contribution in [0.5, 0.6) is 0 Å². The number of rotatable bonds is 11. The van der Waals surface area contributed by atoms with Crippen LogP contribution in [0.3, 0.4) is 0 Å². The van der Waals surface area contributed by atoms with Crippen molar-refractivity contribution in [1.82, 2.24) is 30.3 Å². The van der Waals surface area contributed by atoms with Gasteiger partial charge < -0.3 is 20.9 Å². The van der Waals surface area contributed by atoms with Gasteiger partial charge in [-0.25, -0.2) is 0 Å². The molecule has 7 rings (SSSR count). The molecule has 2 atom stereocenters. The lowest BCUT2D eigenvalue weighted by molar-refractivity contribution is -0.125. The Hall–Kier alpha value is -4.72. The van der Waals surface area contributed by atoms with Crippen molar-refractivity contribution in [3.63, 3.8) is 0 Å². The van der Waals surface area contributed by atoms with Crippen LogP contribution in [0, 0.1) is 20.8 Å². The number of unbranched alkanes of at least 4 members (excludes halogenated alkanes) is 1. The normalized spacial score (nSPS) is 17.9. The summed E-state index contributed by atoms with van der Waals surface area (Å²) in [7, 11) is 0. The number of halogens is 1. The Morgan fingerprint density at radius 1 is 1.12 bits per heavy atom. The third-order valence-electron chi connectivity index (χ3n) is 9.86. The number of allylic oxidation sites excluding steroid dienone is 1. The van der Waals surface area contributed by atoms with Gasteiger partial charge in [-0.3, -0.25) is 23.9 Å². The highest BCUT2D eigenvalue weighted by Gasteiger charge is 2.39. The lowest BCUT2D eigenvalue weighted by Gasteiger charge is -2.30. The molecule has 5 heterocycles. The molecule has 52 heavy (non-hydrogen) atoms. The zero-order valence-corrected chi connectivity index (χ0v) is 31.6. The number of aryl methyl sites for hydroxylation is 2. The van der Waals surface area contributed by atoms with Crippen molar-refractivity contribution in [3.8, 4) is 5.00 Å². The molecule has 3 amide bonds. The van der Waals surface area contributed by atoms with Crippen molar-refractivity contribution in [2.75, 3.05) is 11.9 Å². The highest BCUT2D eigenvalue weighted by molar-refractivity contribution is 7.80. The van der Waals surface area contributed by atoms with Gasteiger partial charge in [0.2, 0.25) is 11.8 Å². The fourth-order valence-corrected chi connectivity index (χ4v) is 8.59. The first-order chi connectivity index (χ1) is 25.0. The summed E-state index contributed by atoms with van der Waals surface area (Å²) >= 11 is 13.0. The van der Waals surface area contributed by atoms with Gasteiger partial charge in [0, 0.05) is 63.0 Å². The molecule has 3 aliphatic rings. The van der Waals surface area contributed by atoms with Crippen LogP contribution in [0.2, 0.25) is 5.02 Å². The van der Waals surface area contributed by atoms with Crippen LogP contribution in [-0.2, 0) is 16.1 Å². The molecule has 2 aromatic carbocycles. The minimum absolute atomic E-state index is 0.117. The van der Waals surface area contributed by atoms with Gasteiger partial charge in [-0.1, -0.05) is 48.6 Å². The first-order valence-electron chi connectivity index (χ1n) is 17.3. The van der Waals surface area contributed by atoms with Crippen LogP contribution in [0.15, 0.2) is 59.7 Å². The molecule has 4 aromatic rings. The van der Waals surface area contributed by atoms with Crippen molar-refractivity contribution in [2.24, 2.45) is 4.99 Å². The number of nitrogens with zero attached hydrogens (tertiary/aromatic N) is 5. The quantitative estimate of drug-likeness (QED) is 0.115. The van der Waals surface area contributed by atoms with E-state index in [1.165, 1.54) is 4.88 Å². The molecule has 2 aromatic heterocycles. The highest BCUT2D eigenvalue weighted by atomic mass is 35.5. The van der Waals surface area contributed by atoms with Crippen molar-refractivity contribution in [3.05, 3.63) is 104 Å². The number of amides is 3. The lowest BCUT2D eigenvalue weighted by atomic mass is 9.99. The number of anilines is 1. The van der Waals surface area contributed by atoms with Crippen LogP contribution in [0.25, 0.3) is 5.00 Å². The molecule has 0 radical (unpaired) electrons. The summed E-state index contributed by atoms with van der Waals surface area (Å²) in [6.07, 6.45) is 3.45. The van der Waals surface area contributed by atoms with Crippen LogP contribution in [0.1, 0.15) is 93.7 Å². The van der Waals surface area contributed by atoms with Gasteiger partial charge >= 0.3 is 0 Å². The zero-order valence-electron chi connectivity index (χ0n) is 29.2. The SMILES string of the molecule is C=C(CCCCNC(=O)C[C@@H]1N=C(c2ccc(Cl)cc2)c2c(sc(C)c2C)-n2c(C)nnc21)Nc1cccc2c1CN(C1CCC(=S)NC1=O)C2=O. The van der Waals surface area contributed by atoms with Crippen LogP contribution < -0.4 is 16.0 Å². The Morgan fingerprint density at radius 3 is 2.67 bits per heavy atom. The van der Waals surface area contributed by atoms with Gasteiger partial charge in [0.1, 0.15) is 22.9 Å². The second-order valence-corrected chi connectivity index (χ2v) is 15.5. The van der Waals surface area contributed by atoms with Gasteiger partial charge in [-0.15, -0.1) is 21.5 Å². The summed E-state index contributed by atoms with van der Waals surface area (Å²) in [5.41, 5.74) is 6.96. The third kappa shape index (κ3) is 6.92. The Morgan fingerprint density at radius 2 is 1.90 bits per heavy atom. The number of carbonyl (C=O) groups excluding carboxylic acids is 3. The van der Waals surface area contributed by atoms with E-state index in [4.69, 9.17) is 28.8 Å². The number of benzene rings is 2. The first kappa shape index (κ1) is 35.7. The van der Waals surface area contributed by atoms with Crippen molar-refractivity contribution in [2.45, 2.75) is 77.9 Å². The number of hydrogen-bond acceptors (Lipinski definition) is 9. The van der Waals surface area contributed by atoms with Crippen LogP contribution in [0.4, 0.5) is 5.69 Å². The largest absolute Gasteiger partial charge is 0.359 e. The Balaban J connectivity index is 0.955. The van der Waals surface area contributed by atoms with Crippen molar-refractivity contribution >= 4 is 69.3 Å². The molecule has 1 saturated heterocycles. The maximum atomic E-state index is 13.4. The van der Waals surface area contributed by atoms with E-state index >= 15 is 0 Å². The van der Waals surface area contributed by atoms with Gasteiger partial charge in [0.25, 0.3) is 5.91 Å². The Kier molecular flexibility index (Phi) is 10.1. The van der Waals surface area contributed by atoms with Crippen LogP contribution in [-0.4, -0.2) is 60.7 Å². The zero-order chi connectivity index (χ0) is 36.7. The number of thiocarbonyl (C=S) groups is 1. The molecule has 0 spiro atoms. The van der Waals surface area contributed by atoms with Crippen molar-refractivity contribution < 1.29 is 14.4 Å². The molecule has 1 unspecified atom stereocenters. The number of fused-ring (bicyclic) bond motifs is 4. The average molecular weight is 755 g/mol. The predicted molar refractivity (Wildman–Crippen MR) is 208 cm³/mol. The fourth-order valence-electron chi connectivity index (χ4n) is 7.03. The minimum Gasteiger partial charge on any atom is -0.359 e. The Bertz CT molecular complexity index is 2150. The maximum absolute atomic E-state index is 13.4. The van der Waals surface area contributed by atoms with Crippen LogP contribution >= 0.6 is 35.2 Å². The summed E-state index contributed by atoms with van der Waals surface area (Å²) in [5, 5.41) is 19.7. The van der Waals surface area contributed by atoms with Gasteiger partial charge in [-0.05, 0) is 76.3 Å². The molecule has 14 heteroatoms. The summed E-state index contributed by atoms with van der Waals surface area (Å²) < 4.78 is 2.04. The topological polar surface area (TPSA) is 134 Å². The van der Waals surface area contributed by atoms with Gasteiger partial charge in [-0.2, -0.15) is 0 Å².